The number of ether oxygens (including phenoxy) is 2. The van der Waals surface area contributed by atoms with Gasteiger partial charge in [-0.2, -0.15) is 0 Å². The van der Waals surface area contributed by atoms with Crippen molar-refractivity contribution in [3.8, 4) is 0 Å². The van der Waals surface area contributed by atoms with Crippen LogP contribution in [-0.2, 0) is 18.7 Å². The minimum atomic E-state index is -2.88. The third-order valence-electron chi connectivity index (χ3n) is 6.66. The van der Waals surface area contributed by atoms with Crippen LogP contribution in [0.2, 0.25) is 5.04 Å². The van der Waals surface area contributed by atoms with Crippen molar-refractivity contribution in [2.75, 3.05) is 5.75 Å². The Hall–Kier alpha value is -1.77. The van der Waals surface area contributed by atoms with E-state index in [1.165, 1.54) is 22.1 Å². The molecule has 1 fully saturated rings. The minimum Gasteiger partial charge on any atom is -0.396 e. The lowest BCUT2D eigenvalue weighted by atomic mass is 10.00. The number of Topliss-reactive ketones (excluding diaryl/α,β-unsaturated/α-hetero) is 1. The summed E-state index contributed by atoms with van der Waals surface area (Å²) < 4.78 is 20.3. The number of carbonyl (C=O) groups is 1. The van der Waals surface area contributed by atoms with Crippen molar-refractivity contribution in [1.29, 1.82) is 0 Å². The van der Waals surface area contributed by atoms with E-state index in [0.29, 0.717) is 5.75 Å². The summed E-state index contributed by atoms with van der Waals surface area (Å²) in [5, 5.41) is 3.02. The molecule has 4 rings (SSSR count). The van der Waals surface area contributed by atoms with E-state index in [-0.39, 0.29) is 29.1 Å². The molecule has 2 aliphatic heterocycles. The summed E-state index contributed by atoms with van der Waals surface area (Å²) >= 11 is 1.47. The highest BCUT2D eigenvalue weighted by Crippen LogP contribution is 2.43. The van der Waals surface area contributed by atoms with Crippen molar-refractivity contribution < 1.29 is 18.7 Å². The van der Waals surface area contributed by atoms with Gasteiger partial charge in [-0.05, 0) is 43.1 Å². The first-order valence-corrected chi connectivity index (χ1v) is 15.2. The first-order chi connectivity index (χ1) is 16.4. The Morgan fingerprint density at radius 1 is 1.00 bits per heavy atom. The van der Waals surface area contributed by atoms with Gasteiger partial charge in [-0.15, -0.1) is 11.8 Å². The van der Waals surface area contributed by atoms with Crippen molar-refractivity contribution in [1.82, 2.24) is 0 Å². The molecule has 2 aromatic carbocycles. The topological polar surface area (TPSA) is 57.1 Å². The minimum absolute atomic E-state index is 0.0877. The Morgan fingerprint density at radius 2 is 1.51 bits per heavy atom. The van der Waals surface area contributed by atoms with E-state index in [1.807, 2.05) is 26.0 Å². The van der Waals surface area contributed by atoms with Crippen LogP contribution in [0, 0.1) is 0 Å². The molecule has 0 aliphatic carbocycles. The molecule has 5 nitrogen and oxygen atoms in total. The van der Waals surface area contributed by atoms with Crippen LogP contribution in [0.15, 0.2) is 65.7 Å². The standard InChI is InChI=1S/C28H37NO4SSi/c1-19(30)18-34-26-25(24-23(20(2)29-26)31-28(6,7)32-24)33-35(27(3,4)5,21-14-10-8-11-15-21)22-16-12-9-13-17-22/h8-17,20,23-25H,18H2,1-7H3/t20-,23+,24+,25-/m0/s1. The predicted molar refractivity (Wildman–Crippen MR) is 146 cm³/mol. The Kier molecular flexibility index (Phi) is 7.47. The summed E-state index contributed by atoms with van der Waals surface area (Å²) in [5.74, 6) is -0.263. The molecule has 0 N–H and O–H groups in total. The van der Waals surface area contributed by atoms with E-state index < -0.39 is 20.2 Å². The second-order valence-electron chi connectivity index (χ2n) is 11.0. The zero-order chi connectivity index (χ0) is 25.4. The lowest BCUT2D eigenvalue weighted by molar-refractivity contribution is -0.150. The van der Waals surface area contributed by atoms with Gasteiger partial charge in [-0.3, -0.25) is 9.79 Å². The molecule has 0 amide bonds. The van der Waals surface area contributed by atoms with Gasteiger partial charge in [0, 0.05) is 0 Å². The van der Waals surface area contributed by atoms with Gasteiger partial charge in [0.1, 0.15) is 24.1 Å². The number of rotatable bonds is 6. The first-order valence-electron chi connectivity index (χ1n) is 12.3. The van der Waals surface area contributed by atoms with Crippen LogP contribution in [0.3, 0.4) is 0 Å². The molecular formula is C28H37NO4SSi. The molecule has 188 valence electrons. The van der Waals surface area contributed by atoms with Gasteiger partial charge in [0.25, 0.3) is 8.32 Å². The maximum absolute atomic E-state index is 11.9. The van der Waals surface area contributed by atoms with Crippen molar-refractivity contribution in [2.45, 2.75) is 83.6 Å². The molecule has 2 aromatic rings. The van der Waals surface area contributed by atoms with Crippen LogP contribution in [0.1, 0.15) is 48.5 Å². The van der Waals surface area contributed by atoms with Crippen LogP contribution in [0.4, 0.5) is 0 Å². The van der Waals surface area contributed by atoms with E-state index in [4.69, 9.17) is 18.9 Å². The van der Waals surface area contributed by atoms with Gasteiger partial charge in [-0.1, -0.05) is 81.4 Å². The quantitative estimate of drug-likeness (QED) is 0.532. The highest BCUT2D eigenvalue weighted by Gasteiger charge is 2.58. The number of nitrogens with zero attached hydrogens (tertiary/aromatic N) is 1. The van der Waals surface area contributed by atoms with Crippen LogP contribution in [-0.4, -0.2) is 55.0 Å². The molecule has 35 heavy (non-hydrogen) atoms. The second-order valence-corrected chi connectivity index (χ2v) is 16.2. The molecular weight excluding hydrogens is 474 g/mol. The lowest BCUT2D eigenvalue weighted by Gasteiger charge is -2.47. The van der Waals surface area contributed by atoms with Crippen LogP contribution in [0.5, 0.6) is 0 Å². The SMILES string of the molecule is CC(=O)CSC1=N[C@@H](C)[C@H]2OC(C)(C)O[C@H]2[C@@H]1O[Si](c1ccccc1)(c1ccccc1)C(C)(C)C. The van der Waals surface area contributed by atoms with Crippen LogP contribution in [0.25, 0.3) is 0 Å². The predicted octanol–water partition coefficient (Wildman–Crippen LogP) is 4.57. The number of ketones is 1. The van der Waals surface area contributed by atoms with Gasteiger partial charge >= 0.3 is 0 Å². The molecule has 4 atom stereocenters. The van der Waals surface area contributed by atoms with Crippen molar-refractivity contribution >= 4 is 41.3 Å². The van der Waals surface area contributed by atoms with Crippen molar-refractivity contribution in [3.63, 3.8) is 0 Å². The molecule has 0 spiro atoms. The summed E-state index contributed by atoms with van der Waals surface area (Å²) in [7, 11) is -2.88. The van der Waals surface area contributed by atoms with Gasteiger partial charge in [-0.25, -0.2) is 0 Å². The number of fused-ring (bicyclic) bond motifs is 1. The molecule has 7 heteroatoms. The van der Waals surface area contributed by atoms with E-state index in [1.54, 1.807) is 6.92 Å². The molecule has 2 heterocycles. The Balaban J connectivity index is 1.89. The average molecular weight is 512 g/mol. The van der Waals surface area contributed by atoms with E-state index in [2.05, 4.69) is 76.2 Å². The fourth-order valence-electron chi connectivity index (χ4n) is 5.21. The third kappa shape index (κ3) is 5.20. The maximum Gasteiger partial charge on any atom is 0.262 e. The van der Waals surface area contributed by atoms with Crippen molar-refractivity contribution in [2.24, 2.45) is 4.99 Å². The fraction of sp³-hybridized carbons (Fsp3) is 0.500. The van der Waals surface area contributed by atoms with E-state index in [0.717, 1.165) is 5.04 Å². The molecule has 0 aromatic heterocycles. The Bertz CT molecular complexity index is 1030. The molecule has 0 radical (unpaired) electrons. The summed E-state index contributed by atoms with van der Waals surface area (Å²) in [6.07, 6.45) is -0.961. The highest BCUT2D eigenvalue weighted by molar-refractivity contribution is 8.14. The average Bonchev–Trinajstić information content (AvgIpc) is 3.13. The molecule has 2 aliphatic rings. The fourth-order valence-corrected chi connectivity index (χ4v) is 10.9. The highest BCUT2D eigenvalue weighted by atomic mass is 32.2. The number of hydrogen-bond donors (Lipinski definition) is 0. The normalized spacial score (nSPS) is 26.2. The number of carbonyl (C=O) groups excluding carboxylic acids is 1. The van der Waals surface area contributed by atoms with E-state index >= 15 is 0 Å². The zero-order valence-electron chi connectivity index (χ0n) is 21.8. The molecule has 0 unspecified atom stereocenters. The largest absolute Gasteiger partial charge is 0.396 e. The number of thioether (sulfide) groups is 1. The number of hydrogen-bond acceptors (Lipinski definition) is 6. The summed E-state index contributed by atoms with van der Waals surface area (Å²) in [5.41, 5.74) is 0. The van der Waals surface area contributed by atoms with Crippen LogP contribution >= 0.6 is 11.8 Å². The summed E-state index contributed by atoms with van der Waals surface area (Å²) in [4.78, 5) is 16.9. The van der Waals surface area contributed by atoms with Gasteiger partial charge in [0.05, 0.1) is 16.8 Å². The van der Waals surface area contributed by atoms with E-state index in [9.17, 15) is 4.79 Å². The number of aliphatic imine (C=N–C) groups is 1. The number of benzene rings is 2. The molecule has 0 bridgehead atoms. The van der Waals surface area contributed by atoms with Gasteiger partial charge in [0.15, 0.2) is 5.79 Å². The van der Waals surface area contributed by atoms with Gasteiger partial charge < -0.3 is 13.9 Å². The monoisotopic (exact) mass is 511 g/mol. The molecule has 1 saturated heterocycles. The summed E-state index contributed by atoms with van der Waals surface area (Å²) in [6, 6.07) is 21.1. The Labute approximate surface area is 214 Å². The summed E-state index contributed by atoms with van der Waals surface area (Å²) in [6.45, 7) is 14.3. The lowest BCUT2D eigenvalue weighted by Crippen LogP contribution is -2.70. The third-order valence-corrected chi connectivity index (χ3v) is 12.9. The first kappa shape index (κ1) is 26.3. The Morgan fingerprint density at radius 3 is 2.00 bits per heavy atom. The maximum atomic E-state index is 11.9. The van der Waals surface area contributed by atoms with Crippen molar-refractivity contribution in [3.05, 3.63) is 60.7 Å². The molecule has 0 saturated carbocycles. The van der Waals surface area contributed by atoms with Crippen LogP contribution < -0.4 is 10.4 Å². The second kappa shape index (κ2) is 9.94. The zero-order valence-corrected chi connectivity index (χ0v) is 23.6. The smallest absolute Gasteiger partial charge is 0.262 e. The van der Waals surface area contributed by atoms with Gasteiger partial charge in [0.2, 0.25) is 0 Å².